The van der Waals surface area contributed by atoms with Crippen molar-refractivity contribution in [2.45, 2.75) is 6.61 Å². The predicted molar refractivity (Wildman–Crippen MR) is 88.3 cm³/mol. The summed E-state index contributed by atoms with van der Waals surface area (Å²) in [5.74, 6) is 0.464. The van der Waals surface area contributed by atoms with Crippen LogP contribution in [-0.4, -0.2) is 10.3 Å². The van der Waals surface area contributed by atoms with Gasteiger partial charge in [-0.3, -0.25) is 0 Å². The van der Waals surface area contributed by atoms with Crippen molar-refractivity contribution in [1.29, 1.82) is 0 Å². The molecule has 3 nitrogen and oxygen atoms in total. The summed E-state index contributed by atoms with van der Waals surface area (Å²) < 4.78 is 5.41. The first-order valence-corrected chi connectivity index (χ1v) is 7.54. The van der Waals surface area contributed by atoms with Gasteiger partial charge in [-0.15, -0.1) is 0 Å². The van der Waals surface area contributed by atoms with Crippen LogP contribution in [-0.2, 0) is 6.61 Å². The first-order valence-electron chi connectivity index (χ1n) is 6.41. The molecule has 0 fully saturated rings. The van der Waals surface area contributed by atoms with Gasteiger partial charge in [0.1, 0.15) is 5.69 Å². The molecule has 1 heterocycles. The highest BCUT2D eigenvalue weighted by atomic mass is 35.5. The van der Waals surface area contributed by atoms with E-state index >= 15 is 0 Å². The van der Waals surface area contributed by atoms with Crippen molar-refractivity contribution in [3.05, 3.63) is 63.1 Å². The van der Waals surface area contributed by atoms with Crippen LogP contribution in [0.1, 0.15) is 5.56 Å². The second-order valence-electron chi connectivity index (χ2n) is 4.63. The molecule has 2 aromatic carbocycles. The Morgan fingerprint density at radius 2 is 1.59 bits per heavy atom. The summed E-state index contributed by atoms with van der Waals surface area (Å²) >= 11 is 17.8. The Hall–Kier alpha value is -1.52. The third-order valence-electron chi connectivity index (χ3n) is 3.25. The lowest BCUT2D eigenvalue weighted by Gasteiger charge is -2.03. The van der Waals surface area contributed by atoms with Gasteiger partial charge in [0.05, 0.1) is 22.2 Å². The number of hydrogen-bond acceptors (Lipinski definition) is 3. The van der Waals surface area contributed by atoms with Gasteiger partial charge >= 0.3 is 0 Å². The Labute approximate surface area is 142 Å². The zero-order valence-electron chi connectivity index (χ0n) is 11.2. The average Bonchev–Trinajstić information content (AvgIpc) is 2.94. The standard InChI is InChI=1S/C16H10Cl3NO2/c17-11-4-1-9(2-5-11)15-12(8-21)16(22-20-15)10-3-6-13(18)14(19)7-10/h1-7,21H,8H2. The van der Waals surface area contributed by atoms with Crippen molar-refractivity contribution in [3.63, 3.8) is 0 Å². The molecule has 0 saturated heterocycles. The van der Waals surface area contributed by atoms with Crippen molar-refractivity contribution in [1.82, 2.24) is 5.16 Å². The minimum Gasteiger partial charge on any atom is -0.391 e. The number of nitrogens with zero attached hydrogens (tertiary/aromatic N) is 1. The molecule has 0 bridgehead atoms. The number of aromatic nitrogens is 1. The van der Waals surface area contributed by atoms with Crippen LogP contribution in [0.15, 0.2) is 47.0 Å². The summed E-state index contributed by atoms with van der Waals surface area (Å²) in [5.41, 5.74) is 2.66. The van der Waals surface area contributed by atoms with E-state index in [1.807, 2.05) is 12.1 Å². The summed E-state index contributed by atoms with van der Waals surface area (Å²) in [6.07, 6.45) is 0. The highest BCUT2D eigenvalue weighted by Crippen LogP contribution is 2.35. The largest absolute Gasteiger partial charge is 0.391 e. The number of aliphatic hydroxyl groups excluding tert-OH is 1. The molecule has 0 unspecified atom stereocenters. The molecule has 0 amide bonds. The molecule has 0 saturated carbocycles. The Bertz CT molecular complexity index is 813. The molecule has 0 aliphatic carbocycles. The lowest BCUT2D eigenvalue weighted by molar-refractivity contribution is 0.281. The van der Waals surface area contributed by atoms with E-state index in [1.165, 1.54) is 0 Å². The smallest absolute Gasteiger partial charge is 0.173 e. The van der Waals surface area contributed by atoms with Crippen LogP contribution in [0.3, 0.4) is 0 Å². The van der Waals surface area contributed by atoms with Crippen LogP contribution < -0.4 is 0 Å². The fraction of sp³-hybridized carbons (Fsp3) is 0.0625. The zero-order chi connectivity index (χ0) is 15.7. The van der Waals surface area contributed by atoms with Gasteiger partial charge in [0.25, 0.3) is 0 Å². The molecule has 0 aliphatic rings. The van der Waals surface area contributed by atoms with Gasteiger partial charge in [0.2, 0.25) is 0 Å². The van der Waals surface area contributed by atoms with Gasteiger partial charge < -0.3 is 9.63 Å². The van der Waals surface area contributed by atoms with Gasteiger partial charge in [-0.25, -0.2) is 0 Å². The summed E-state index contributed by atoms with van der Waals surface area (Å²) in [6.45, 7) is -0.211. The fourth-order valence-electron chi connectivity index (χ4n) is 2.15. The van der Waals surface area contributed by atoms with E-state index in [2.05, 4.69) is 5.16 Å². The number of halogens is 3. The Kier molecular flexibility index (Phi) is 4.41. The maximum atomic E-state index is 9.70. The van der Waals surface area contributed by atoms with Crippen molar-refractivity contribution in [2.24, 2.45) is 0 Å². The molecule has 0 spiro atoms. The second-order valence-corrected chi connectivity index (χ2v) is 5.88. The van der Waals surface area contributed by atoms with Gasteiger partial charge in [0.15, 0.2) is 5.76 Å². The molecule has 0 aliphatic heterocycles. The Morgan fingerprint density at radius 3 is 2.23 bits per heavy atom. The molecule has 1 aromatic heterocycles. The Morgan fingerprint density at radius 1 is 0.909 bits per heavy atom. The maximum absolute atomic E-state index is 9.70. The van der Waals surface area contributed by atoms with Crippen LogP contribution in [0.4, 0.5) is 0 Å². The summed E-state index contributed by atoms with van der Waals surface area (Å²) in [5, 5.41) is 15.3. The van der Waals surface area contributed by atoms with Crippen molar-refractivity contribution in [3.8, 4) is 22.6 Å². The third-order valence-corrected chi connectivity index (χ3v) is 4.24. The fourth-order valence-corrected chi connectivity index (χ4v) is 2.58. The second kappa shape index (κ2) is 6.31. The minimum atomic E-state index is -0.211. The van der Waals surface area contributed by atoms with E-state index < -0.39 is 0 Å². The van der Waals surface area contributed by atoms with E-state index in [9.17, 15) is 5.11 Å². The average molecular weight is 355 g/mol. The molecule has 0 atom stereocenters. The molecule has 0 radical (unpaired) electrons. The van der Waals surface area contributed by atoms with Gasteiger partial charge in [0, 0.05) is 16.1 Å². The van der Waals surface area contributed by atoms with Crippen LogP contribution in [0.5, 0.6) is 0 Å². The first kappa shape index (κ1) is 15.4. The van der Waals surface area contributed by atoms with E-state index in [0.717, 1.165) is 5.56 Å². The quantitative estimate of drug-likeness (QED) is 0.679. The molecule has 112 valence electrons. The van der Waals surface area contributed by atoms with Gasteiger partial charge in [-0.1, -0.05) is 52.1 Å². The lowest BCUT2D eigenvalue weighted by Crippen LogP contribution is -1.89. The van der Waals surface area contributed by atoms with Crippen molar-refractivity contribution < 1.29 is 9.63 Å². The van der Waals surface area contributed by atoms with Crippen LogP contribution in [0.2, 0.25) is 15.1 Å². The third kappa shape index (κ3) is 2.85. The van der Waals surface area contributed by atoms with Crippen LogP contribution in [0, 0.1) is 0 Å². The zero-order valence-corrected chi connectivity index (χ0v) is 13.5. The van der Waals surface area contributed by atoms with Gasteiger partial charge in [-0.05, 0) is 30.3 Å². The molecular formula is C16H10Cl3NO2. The summed E-state index contributed by atoms with van der Waals surface area (Å²) in [7, 11) is 0. The topological polar surface area (TPSA) is 46.3 Å². The maximum Gasteiger partial charge on any atom is 0.173 e. The van der Waals surface area contributed by atoms with Crippen molar-refractivity contribution >= 4 is 34.8 Å². The SMILES string of the molecule is OCc1c(-c2ccc(Cl)cc2)noc1-c1ccc(Cl)c(Cl)c1. The molecule has 3 rings (SSSR count). The molecular weight excluding hydrogens is 345 g/mol. The summed E-state index contributed by atoms with van der Waals surface area (Å²) in [6, 6.07) is 12.3. The van der Waals surface area contributed by atoms with E-state index in [0.29, 0.717) is 37.6 Å². The van der Waals surface area contributed by atoms with Crippen LogP contribution >= 0.6 is 34.8 Å². The molecule has 3 aromatic rings. The molecule has 22 heavy (non-hydrogen) atoms. The Balaban J connectivity index is 2.10. The van der Waals surface area contributed by atoms with Gasteiger partial charge in [-0.2, -0.15) is 0 Å². The monoisotopic (exact) mass is 353 g/mol. The summed E-state index contributed by atoms with van der Waals surface area (Å²) in [4.78, 5) is 0. The van der Waals surface area contributed by atoms with E-state index in [-0.39, 0.29) is 6.61 Å². The highest BCUT2D eigenvalue weighted by Gasteiger charge is 2.19. The first-order chi connectivity index (χ1) is 10.6. The number of hydrogen-bond donors (Lipinski definition) is 1. The van der Waals surface area contributed by atoms with E-state index in [1.54, 1.807) is 30.3 Å². The van der Waals surface area contributed by atoms with Crippen LogP contribution in [0.25, 0.3) is 22.6 Å². The highest BCUT2D eigenvalue weighted by molar-refractivity contribution is 6.42. The van der Waals surface area contributed by atoms with E-state index in [4.69, 9.17) is 39.3 Å². The molecule has 1 N–H and O–H groups in total. The number of rotatable bonds is 3. The lowest BCUT2D eigenvalue weighted by atomic mass is 10.0. The predicted octanol–water partition coefficient (Wildman–Crippen LogP) is 5.46. The molecule has 6 heteroatoms. The minimum absolute atomic E-state index is 0.211. The van der Waals surface area contributed by atoms with Crippen molar-refractivity contribution in [2.75, 3.05) is 0 Å². The normalized spacial score (nSPS) is 10.9. The number of benzene rings is 2. The number of aliphatic hydroxyl groups is 1.